The Morgan fingerprint density at radius 2 is 1.46 bits per heavy atom. The van der Waals surface area contributed by atoms with Gasteiger partial charge >= 0.3 is 0 Å². The maximum Gasteiger partial charge on any atom is 0.251 e. The molecule has 2 aliphatic rings. The van der Waals surface area contributed by atoms with Crippen molar-refractivity contribution in [1.82, 2.24) is 4.90 Å². The van der Waals surface area contributed by atoms with Gasteiger partial charge in [0.15, 0.2) is 0 Å². The van der Waals surface area contributed by atoms with Gasteiger partial charge in [0.25, 0.3) is 5.91 Å². The van der Waals surface area contributed by atoms with Gasteiger partial charge in [-0.1, -0.05) is 18.2 Å². The standard InChI is InChI=1S/C20H20IN3O2/c21-15-6-8-17(9-7-15)24-19(25)14-18(20(24)26)23-12-10-22(11-13-23)16-4-2-1-3-5-16/h1-9,18H,10-14H2/t18-/m1/s1. The van der Waals surface area contributed by atoms with Gasteiger partial charge in [0.2, 0.25) is 5.91 Å². The van der Waals surface area contributed by atoms with Gasteiger partial charge in [0.1, 0.15) is 0 Å². The number of anilines is 2. The predicted octanol–water partition coefficient (Wildman–Crippen LogP) is 2.75. The number of amides is 2. The van der Waals surface area contributed by atoms with Gasteiger partial charge in [0, 0.05) is 35.4 Å². The third kappa shape index (κ3) is 3.35. The van der Waals surface area contributed by atoms with E-state index in [1.165, 1.54) is 10.6 Å². The molecule has 0 bridgehead atoms. The summed E-state index contributed by atoms with van der Waals surface area (Å²) >= 11 is 2.21. The molecule has 2 saturated heterocycles. The van der Waals surface area contributed by atoms with Crippen LogP contribution in [0.1, 0.15) is 6.42 Å². The molecule has 4 rings (SSSR count). The van der Waals surface area contributed by atoms with E-state index >= 15 is 0 Å². The van der Waals surface area contributed by atoms with Gasteiger partial charge in [-0.25, -0.2) is 4.90 Å². The van der Waals surface area contributed by atoms with Crippen LogP contribution >= 0.6 is 22.6 Å². The van der Waals surface area contributed by atoms with Crippen molar-refractivity contribution in [3.8, 4) is 0 Å². The molecule has 0 aromatic heterocycles. The van der Waals surface area contributed by atoms with E-state index in [4.69, 9.17) is 0 Å². The molecule has 6 heteroatoms. The van der Waals surface area contributed by atoms with Crippen molar-refractivity contribution in [3.05, 3.63) is 58.2 Å². The van der Waals surface area contributed by atoms with Crippen LogP contribution in [0, 0.1) is 3.57 Å². The average molecular weight is 461 g/mol. The second-order valence-corrected chi connectivity index (χ2v) is 7.87. The Kier molecular flexibility index (Phi) is 4.95. The largest absolute Gasteiger partial charge is 0.369 e. The molecule has 2 aliphatic heterocycles. The van der Waals surface area contributed by atoms with E-state index in [0.29, 0.717) is 5.69 Å². The van der Waals surface area contributed by atoms with E-state index in [2.05, 4.69) is 44.5 Å². The van der Waals surface area contributed by atoms with Crippen molar-refractivity contribution in [1.29, 1.82) is 0 Å². The van der Waals surface area contributed by atoms with Gasteiger partial charge < -0.3 is 4.90 Å². The molecule has 2 aromatic rings. The maximum absolute atomic E-state index is 12.9. The number of benzene rings is 2. The van der Waals surface area contributed by atoms with Crippen molar-refractivity contribution < 1.29 is 9.59 Å². The van der Waals surface area contributed by atoms with E-state index in [0.717, 1.165) is 29.7 Å². The number of nitrogens with zero attached hydrogens (tertiary/aromatic N) is 3. The van der Waals surface area contributed by atoms with Crippen LogP contribution in [0.3, 0.4) is 0 Å². The SMILES string of the molecule is O=C1C[C@@H](N2CCN(c3ccccc3)CC2)C(=O)N1c1ccc(I)cc1. The van der Waals surface area contributed by atoms with Crippen molar-refractivity contribution in [3.63, 3.8) is 0 Å². The molecular weight excluding hydrogens is 441 g/mol. The molecule has 2 amide bonds. The second kappa shape index (κ2) is 7.36. The highest BCUT2D eigenvalue weighted by Crippen LogP contribution is 2.27. The average Bonchev–Trinajstić information content (AvgIpc) is 2.98. The zero-order chi connectivity index (χ0) is 18.1. The summed E-state index contributed by atoms with van der Waals surface area (Å²) in [5, 5.41) is 0. The summed E-state index contributed by atoms with van der Waals surface area (Å²) in [4.78, 5) is 31.2. The second-order valence-electron chi connectivity index (χ2n) is 6.62. The minimum absolute atomic E-state index is 0.0932. The smallest absolute Gasteiger partial charge is 0.251 e. The third-order valence-corrected chi connectivity index (χ3v) is 5.80. The van der Waals surface area contributed by atoms with Crippen LogP contribution in [-0.2, 0) is 9.59 Å². The lowest BCUT2D eigenvalue weighted by atomic mass is 10.1. The minimum Gasteiger partial charge on any atom is -0.369 e. The predicted molar refractivity (Wildman–Crippen MR) is 110 cm³/mol. The molecular formula is C20H20IN3O2. The van der Waals surface area contributed by atoms with E-state index in [1.54, 1.807) is 0 Å². The highest BCUT2D eigenvalue weighted by molar-refractivity contribution is 14.1. The lowest BCUT2D eigenvalue weighted by molar-refractivity contribution is -0.123. The molecule has 134 valence electrons. The summed E-state index contributed by atoms with van der Waals surface area (Å²) in [5.41, 5.74) is 1.88. The molecule has 2 aromatic carbocycles. The molecule has 2 fully saturated rings. The first kappa shape index (κ1) is 17.5. The summed E-state index contributed by atoms with van der Waals surface area (Å²) in [6.45, 7) is 3.31. The fourth-order valence-electron chi connectivity index (χ4n) is 3.69. The third-order valence-electron chi connectivity index (χ3n) is 5.08. The quantitative estimate of drug-likeness (QED) is 0.521. The van der Waals surface area contributed by atoms with E-state index in [-0.39, 0.29) is 24.3 Å². The fraction of sp³-hybridized carbons (Fsp3) is 0.300. The zero-order valence-corrected chi connectivity index (χ0v) is 16.5. The van der Waals surface area contributed by atoms with Gasteiger partial charge in [-0.3, -0.25) is 14.5 Å². The Labute approximate surface area is 166 Å². The molecule has 0 spiro atoms. The fourth-order valence-corrected chi connectivity index (χ4v) is 4.05. The van der Waals surface area contributed by atoms with Crippen molar-refractivity contribution in [2.75, 3.05) is 36.0 Å². The number of hydrogen-bond donors (Lipinski definition) is 0. The summed E-state index contributed by atoms with van der Waals surface area (Å²) in [6, 6.07) is 17.5. The molecule has 1 atom stereocenters. The number of carbonyl (C=O) groups excluding carboxylic acids is 2. The number of rotatable bonds is 3. The van der Waals surface area contributed by atoms with Crippen molar-refractivity contribution >= 4 is 45.8 Å². The number of piperazine rings is 1. The first-order valence-electron chi connectivity index (χ1n) is 8.80. The summed E-state index contributed by atoms with van der Waals surface area (Å²) in [7, 11) is 0. The number of halogens is 1. The van der Waals surface area contributed by atoms with Crippen molar-refractivity contribution in [2.24, 2.45) is 0 Å². The molecule has 0 unspecified atom stereocenters. The Hall–Kier alpha value is -1.93. The maximum atomic E-state index is 12.9. The molecule has 0 radical (unpaired) electrons. The van der Waals surface area contributed by atoms with Gasteiger partial charge in [-0.15, -0.1) is 0 Å². The summed E-state index contributed by atoms with van der Waals surface area (Å²) < 4.78 is 1.08. The lowest BCUT2D eigenvalue weighted by Gasteiger charge is -2.38. The molecule has 0 saturated carbocycles. The lowest BCUT2D eigenvalue weighted by Crippen LogP contribution is -2.52. The molecule has 0 aliphatic carbocycles. The van der Waals surface area contributed by atoms with Crippen LogP contribution in [-0.4, -0.2) is 48.9 Å². The van der Waals surface area contributed by atoms with E-state index < -0.39 is 0 Å². The van der Waals surface area contributed by atoms with Gasteiger partial charge in [-0.2, -0.15) is 0 Å². The molecule has 0 N–H and O–H groups in total. The summed E-state index contributed by atoms with van der Waals surface area (Å²) in [5.74, 6) is -0.198. The summed E-state index contributed by atoms with van der Waals surface area (Å²) in [6.07, 6.45) is 0.274. The highest BCUT2D eigenvalue weighted by Gasteiger charge is 2.43. The van der Waals surface area contributed by atoms with Crippen LogP contribution in [0.5, 0.6) is 0 Å². The zero-order valence-electron chi connectivity index (χ0n) is 14.3. The van der Waals surface area contributed by atoms with Crippen LogP contribution in [0.15, 0.2) is 54.6 Å². The normalized spacial score (nSPS) is 21.5. The molecule has 26 heavy (non-hydrogen) atoms. The van der Waals surface area contributed by atoms with Crippen LogP contribution in [0.25, 0.3) is 0 Å². The van der Waals surface area contributed by atoms with Gasteiger partial charge in [-0.05, 0) is 59.0 Å². The van der Waals surface area contributed by atoms with Crippen LogP contribution in [0.2, 0.25) is 0 Å². The Morgan fingerprint density at radius 1 is 0.808 bits per heavy atom. The Morgan fingerprint density at radius 3 is 2.12 bits per heavy atom. The topological polar surface area (TPSA) is 43.9 Å². The number of imide groups is 1. The Bertz CT molecular complexity index is 802. The highest BCUT2D eigenvalue weighted by atomic mass is 127. The monoisotopic (exact) mass is 461 g/mol. The van der Waals surface area contributed by atoms with Crippen LogP contribution < -0.4 is 9.80 Å². The molecule has 5 nitrogen and oxygen atoms in total. The van der Waals surface area contributed by atoms with E-state index in [1.807, 2.05) is 42.5 Å². The number of carbonyl (C=O) groups is 2. The minimum atomic E-state index is -0.334. The number of para-hydroxylation sites is 1. The van der Waals surface area contributed by atoms with Gasteiger partial charge in [0.05, 0.1) is 18.2 Å². The molecule has 2 heterocycles. The van der Waals surface area contributed by atoms with Crippen LogP contribution in [0.4, 0.5) is 11.4 Å². The number of hydrogen-bond acceptors (Lipinski definition) is 4. The Balaban J connectivity index is 1.44. The van der Waals surface area contributed by atoms with E-state index in [9.17, 15) is 9.59 Å². The van der Waals surface area contributed by atoms with Crippen molar-refractivity contribution in [2.45, 2.75) is 12.5 Å². The first-order chi connectivity index (χ1) is 12.6. The first-order valence-corrected chi connectivity index (χ1v) is 9.88.